The minimum atomic E-state index is 0.223. The summed E-state index contributed by atoms with van der Waals surface area (Å²) in [7, 11) is 0. The van der Waals surface area contributed by atoms with Crippen LogP contribution in [-0.2, 0) is 0 Å². The number of H-pyrrole nitrogens is 1. The van der Waals surface area contributed by atoms with Crippen LogP contribution in [0.15, 0.2) is 24.3 Å². The fourth-order valence-electron chi connectivity index (χ4n) is 1.34. The SMILES string of the molecule is Cc1[nH]c(O)cc2cccc1-2. The van der Waals surface area contributed by atoms with Gasteiger partial charge in [0.2, 0.25) is 0 Å². The molecule has 2 heteroatoms. The van der Waals surface area contributed by atoms with Gasteiger partial charge in [0, 0.05) is 17.3 Å². The Morgan fingerprint density at radius 3 is 3.00 bits per heavy atom. The second-order valence-corrected chi connectivity index (χ2v) is 2.67. The first-order valence-electron chi connectivity index (χ1n) is 3.54. The molecule has 0 amide bonds. The Balaban J connectivity index is 2.79. The zero-order chi connectivity index (χ0) is 7.84. The van der Waals surface area contributed by atoms with Gasteiger partial charge in [-0.05, 0) is 12.5 Å². The number of aryl methyl sites for hydroxylation is 1. The highest BCUT2D eigenvalue weighted by molar-refractivity contribution is 5.69. The summed E-state index contributed by atoms with van der Waals surface area (Å²) in [6.07, 6.45) is 0. The van der Waals surface area contributed by atoms with E-state index >= 15 is 0 Å². The van der Waals surface area contributed by atoms with Crippen molar-refractivity contribution in [3.63, 3.8) is 0 Å². The number of aromatic hydroxyl groups is 1. The Morgan fingerprint density at radius 2 is 2.18 bits per heavy atom. The van der Waals surface area contributed by atoms with Crippen LogP contribution in [0, 0.1) is 6.92 Å². The largest absolute Gasteiger partial charge is 0.495 e. The van der Waals surface area contributed by atoms with Gasteiger partial charge in [0.15, 0.2) is 5.88 Å². The molecule has 0 unspecified atom stereocenters. The van der Waals surface area contributed by atoms with Crippen LogP contribution in [0.2, 0.25) is 0 Å². The van der Waals surface area contributed by atoms with Crippen molar-refractivity contribution in [3.8, 4) is 17.0 Å². The smallest absolute Gasteiger partial charge is 0.188 e. The third-order valence-electron chi connectivity index (χ3n) is 1.86. The highest BCUT2D eigenvalue weighted by atomic mass is 16.3. The predicted octanol–water partition coefficient (Wildman–Crippen LogP) is 2.13. The number of rotatable bonds is 0. The second-order valence-electron chi connectivity index (χ2n) is 2.67. The lowest BCUT2D eigenvalue weighted by Crippen LogP contribution is -1.85. The molecular formula is C9H9NO. The Hall–Kier alpha value is -1.44. The highest BCUT2D eigenvalue weighted by Crippen LogP contribution is 2.27. The van der Waals surface area contributed by atoms with E-state index in [1.807, 2.05) is 25.1 Å². The van der Waals surface area contributed by atoms with Gasteiger partial charge in [-0.15, -0.1) is 0 Å². The molecule has 0 radical (unpaired) electrons. The Labute approximate surface area is 64.8 Å². The van der Waals surface area contributed by atoms with Crippen LogP contribution < -0.4 is 0 Å². The number of fused-ring (bicyclic) bond motifs is 1. The lowest BCUT2D eigenvalue weighted by Gasteiger charge is -2.04. The van der Waals surface area contributed by atoms with Crippen molar-refractivity contribution in [1.29, 1.82) is 0 Å². The first-order valence-corrected chi connectivity index (χ1v) is 3.54. The van der Waals surface area contributed by atoms with E-state index in [4.69, 9.17) is 0 Å². The standard InChI is InChI=1S/C9H9NO/c1-6-8-4-2-3-7(8)5-9(11)10-6/h2-5,10-11H,1H3. The number of pyridine rings is 1. The van der Waals surface area contributed by atoms with Crippen LogP contribution in [0.3, 0.4) is 0 Å². The topological polar surface area (TPSA) is 36.0 Å². The molecule has 11 heavy (non-hydrogen) atoms. The number of hydrogen-bond acceptors (Lipinski definition) is 1. The van der Waals surface area contributed by atoms with Gasteiger partial charge >= 0.3 is 0 Å². The van der Waals surface area contributed by atoms with E-state index in [2.05, 4.69) is 4.98 Å². The Bertz CT molecular complexity index is 351. The van der Waals surface area contributed by atoms with Crippen molar-refractivity contribution in [1.82, 2.24) is 4.98 Å². The molecule has 2 N–H and O–H groups in total. The van der Waals surface area contributed by atoms with Gasteiger partial charge in [-0.1, -0.05) is 18.2 Å². The lowest BCUT2D eigenvalue weighted by molar-refractivity contribution is 0.452. The van der Waals surface area contributed by atoms with Crippen LogP contribution in [0.4, 0.5) is 0 Å². The average molecular weight is 147 g/mol. The summed E-state index contributed by atoms with van der Waals surface area (Å²) >= 11 is 0. The molecule has 0 spiro atoms. The van der Waals surface area contributed by atoms with Crippen LogP contribution in [0.25, 0.3) is 11.1 Å². The van der Waals surface area contributed by atoms with E-state index in [9.17, 15) is 5.11 Å². The number of nitrogens with one attached hydrogen (secondary N) is 1. The molecule has 0 saturated carbocycles. The first kappa shape index (κ1) is 6.28. The Morgan fingerprint density at radius 1 is 1.36 bits per heavy atom. The fourth-order valence-corrected chi connectivity index (χ4v) is 1.34. The Kier molecular flexibility index (Phi) is 1.15. The highest BCUT2D eigenvalue weighted by Gasteiger charge is 2.05. The summed E-state index contributed by atoms with van der Waals surface area (Å²) in [6.45, 7) is 1.95. The van der Waals surface area contributed by atoms with Crippen molar-refractivity contribution in [2.24, 2.45) is 0 Å². The molecule has 2 nitrogen and oxygen atoms in total. The summed E-state index contributed by atoms with van der Waals surface area (Å²) in [6, 6.07) is 7.71. The zero-order valence-electron chi connectivity index (χ0n) is 6.26. The van der Waals surface area contributed by atoms with Crippen molar-refractivity contribution in [2.75, 3.05) is 0 Å². The third-order valence-corrected chi connectivity index (χ3v) is 1.86. The van der Waals surface area contributed by atoms with Gasteiger partial charge in [0.1, 0.15) is 0 Å². The molecule has 0 aromatic carbocycles. The monoisotopic (exact) mass is 147 g/mol. The van der Waals surface area contributed by atoms with Crippen LogP contribution in [0.5, 0.6) is 5.88 Å². The summed E-state index contributed by atoms with van der Waals surface area (Å²) < 4.78 is 0. The zero-order valence-corrected chi connectivity index (χ0v) is 6.26. The van der Waals surface area contributed by atoms with Crippen LogP contribution >= 0.6 is 0 Å². The minimum absolute atomic E-state index is 0.223. The van der Waals surface area contributed by atoms with E-state index in [0.29, 0.717) is 0 Å². The normalized spacial score (nSPS) is 10.6. The number of hydrogen-bond donors (Lipinski definition) is 2. The fraction of sp³-hybridized carbons (Fsp3) is 0.111. The van der Waals surface area contributed by atoms with Crippen molar-refractivity contribution in [3.05, 3.63) is 30.0 Å². The van der Waals surface area contributed by atoms with E-state index in [1.54, 1.807) is 6.07 Å². The van der Waals surface area contributed by atoms with E-state index in [-0.39, 0.29) is 5.88 Å². The molecule has 2 aliphatic rings. The molecule has 0 fully saturated rings. The average Bonchev–Trinajstić information content (AvgIpc) is 2.34. The maximum atomic E-state index is 9.17. The van der Waals surface area contributed by atoms with E-state index < -0.39 is 0 Å². The predicted molar refractivity (Wildman–Crippen MR) is 43.8 cm³/mol. The first-order chi connectivity index (χ1) is 5.27. The molecule has 1 aliphatic heterocycles. The molecule has 56 valence electrons. The van der Waals surface area contributed by atoms with Gasteiger partial charge in [-0.25, -0.2) is 0 Å². The number of aromatic nitrogens is 1. The van der Waals surface area contributed by atoms with Gasteiger partial charge < -0.3 is 10.1 Å². The minimum Gasteiger partial charge on any atom is -0.495 e. The summed E-state index contributed by atoms with van der Waals surface area (Å²) in [5.41, 5.74) is 3.26. The molecule has 0 aromatic rings. The van der Waals surface area contributed by atoms with Crippen molar-refractivity contribution < 1.29 is 5.11 Å². The maximum absolute atomic E-state index is 9.17. The molecule has 1 aliphatic carbocycles. The maximum Gasteiger partial charge on any atom is 0.188 e. The van der Waals surface area contributed by atoms with Crippen molar-refractivity contribution >= 4 is 0 Å². The molecule has 0 saturated heterocycles. The van der Waals surface area contributed by atoms with Gasteiger partial charge in [-0.2, -0.15) is 0 Å². The molecule has 1 heterocycles. The summed E-state index contributed by atoms with van der Waals surface area (Å²) in [5.74, 6) is 0.223. The summed E-state index contributed by atoms with van der Waals surface area (Å²) in [5, 5.41) is 9.17. The second kappa shape index (κ2) is 2.02. The summed E-state index contributed by atoms with van der Waals surface area (Å²) in [4.78, 5) is 2.85. The van der Waals surface area contributed by atoms with Gasteiger partial charge in [0.05, 0.1) is 0 Å². The molecular weight excluding hydrogens is 138 g/mol. The van der Waals surface area contributed by atoms with E-state index in [1.165, 1.54) is 5.56 Å². The van der Waals surface area contributed by atoms with Crippen LogP contribution in [-0.4, -0.2) is 10.1 Å². The van der Waals surface area contributed by atoms with Gasteiger partial charge in [-0.3, -0.25) is 0 Å². The van der Waals surface area contributed by atoms with Crippen molar-refractivity contribution in [2.45, 2.75) is 6.92 Å². The molecule has 0 bridgehead atoms. The van der Waals surface area contributed by atoms with Gasteiger partial charge in [0.25, 0.3) is 0 Å². The molecule has 0 aromatic heterocycles. The van der Waals surface area contributed by atoms with Crippen LogP contribution in [0.1, 0.15) is 5.69 Å². The third kappa shape index (κ3) is 0.871. The number of aromatic amines is 1. The van der Waals surface area contributed by atoms with E-state index in [0.717, 1.165) is 11.3 Å². The molecule has 0 atom stereocenters. The lowest BCUT2D eigenvalue weighted by atomic mass is 10.1. The molecule has 2 rings (SSSR count). The quantitative estimate of drug-likeness (QED) is 0.588.